The number of aryl methyl sites for hydroxylation is 2. The normalized spacial score (nSPS) is 20.5. The molecule has 0 aliphatic carbocycles. The Balaban J connectivity index is 1.38. The Kier molecular flexibility index (Phi) is 7.85. The molecule has 2 aromatic rings. The molecule has 2 fully saturated rings. The zero-order chi connectivity index (χ0) is 26.8. The smallest absolute Gasteiger partial charge is 0.388 e. The molecule has 0 bridgehead atoms. The molecule has 0 spiro atoms. The van der Waals surface area contributed by atoms with Gasteiger partial charge in [0.25, 0.3) is 0 Å². The van der Waals surface area contributed by atoms with E-state index in [0.717, 1.165) is 29.8 Å². The van der Waals surface area contributed by atoms with Crippen LogP contribution >= 0.6 is 11.6 Å². The van der Waals surface area contributed by atoms with Crippen molar-refractivity contribution in [3.63, 3.8) is 0 Å². The Morgan fingerprint density at radius 2 is 1.92 bits per heavy atom. The third kappa shape index (κ3) is 5.93. The van der Waals surface area contributed by atoms with Crippen molar-refractivity contribution >= 4 is 23.1 Å². The lowest BCUT2D eigenvalue weighted by molar-refractivity contribution is -0.0325. The summed E-state index contributed by atoms with van der Waals surface area (Å²) >= 11 is 6.45. The quantitative estimate of drug-likeness (QED) is 0.570. The topological polar surface area (TPSA) is 97.2 Å². The number of benzene rings is 1. The Morgan fingerprint density at radius 1 is 1.19 bits per heavy atom. The van der Waals surface area contributed by atoms with Gasteiger partial charge in [0.05, 0.1) is 28.5 Å². The van der Waals surface area contributed by atoms with Crippen molar-refractivity contribution in [1.82, 2.24) is 4.98 Å². The maximum atomic E-state index is 10.3. The highest BCUT2D eigenvalue weighted by molar-refractivity contribution is 6.33. The highest BCUT2D eigenvalue weighted by Gasteiger charge is 2.41. The molecule has 37 heavy (non-hydrogen) atoms. The average molecular weight is 525 g/mol. The number of aliphatic hydroxyl groups is 2. The van der Waals surface area contributed by atoms with Crippen molar-refractivity contribution in [1.29, 1.82) is 5.26 Å². The van der Waals surface area contributed by atoms with E-state index in [9.17, 15) is 15.5 Å². The molecule has 4 rings (SSSR count). The molecule has 1 atom stereocenters. The molecule has 1 unspecified atom stereocenters. The van der Waals surface area contributed by atoms with Gasteiger partial charge >= 0.3 is 6.07 Å². The summed E-state index contributed by atoms with van der Waals surface area (Å²) in [5.74, 6) is 0.699. The Bertz CT molecular complexity index is 1250. The molecule has 9 heteroatoms. The van der Waals surface area contributed by atoms with E-state index in [2.05, 4.69) is 58.8 Å². The molecule has 2 aliphatic rings. The molecule has 2 aliphatic heterocycles. The number of aliphatic hydroxyl groups excluding tert-OH is 1. The van der Waals surface area contributed by atoms with E-state index in [4.69, 9.17) is 16.4 Å². The maximum Gasteiger partial charge on any atom is 0.388 e. The predicted octanol–water partition coefficient (Wildman–Crippen LogP) is 4.46. The van der Waals surface area contributed by atoms with Crippen LogP contribution in [-0.4, -0.2) is 59.7 Å². The van der Waals surface area contributed by atoms with E-state index in [0.29, 0.717) is 54.6 Å². The van der Waals surface area contributed by atoms with Crippen LogP contribution in [0.4, 0.5) is 11.5 Å². The lowest BCUT2D eigenvalue weighted by Crippen LogP contribution is -2.49. The fourth-order valence-corrected chi connectivity index (χ4v) is 5.43. The minimum Gasteiger partial charge on any atom is -0.393 e. The first kappa shape index (κ1) is 27.0. The number of hydrogen-bond donors (Lipinski definition) is 2. The van der Waals surface area contributed by atoms with Crippen LogP contribution in [0.5, 0.6) is 0 Å². The number of rotatable bonds is 4. The minimum atomic E-state index is -0.963. The van der Waals surface area contributed by atoms with Gasteiger partial charge in [0.2, 0.25) is 5.01 Å². The maximum absolute atomic E-state index is 10.3. The second-order valence-corrected chi connectivity index (χ2v) is 11.3. The lowest BCUT2D eigenvalue weighted by Gasteiger charge is -2.41. The van der Waals surface area contributed by atoms with Crippen molar-refractivity contribution in [2.45, 2.75) is 58.7 Å². The molecule has 1 aromatic carbocycles. The molecular weight excluding hydrogens is 490 g/mol. The standard InChI is InChI=1S/C28H35ClN5O3/c1-19-13-21(5-6-24(19)33-11-8-28(36,18-35)9-12-33)16-31-37-25-7-10-34(17-27(25,3)4)26-23(29)14-22(15-30)20(2)32-26/h5-6,13-14,25,35-36H,7-12,17-18H2,1-4H3/q+1. The number of pyridine rings is 1. The molecule has 2 saturated heterocycles. The van der Waals surface area contributed by atoms with Crippen LogP contribution in [-0.2, 0) is 4.84 Å². The summed E-state index contributed by atoms with van der Waals surface area (Å²) in [4.78, 5) is 14.9. The Labute approximate surface area is 223 Å². The van der Waals surface area contributed by atoms with Gasteiger partial charge in [-0.3, -0.25) is 0 Å². The van der Waals surface area contributed by atoms with E-state index in [1.807, 2.05) is 19.1 Å². The fourth-order valence-electron chi connectivity index (χ4n) is 5.16. The second-order valence-electron chi connectivity index (χ2n) is 10.9. The van der Waals surface area contributed by atoms with Gasteiger partial charge in [-0.25, -0.2) is 4.98 Å². The molecule has 196 valence electrons. The first-order valence-corrected chi connectivity index (χ1v) is 13.1. The second kappa shape index (κ2) is 10.8. The number of hydrogen-bond acceptors (Lipinski definition) is 7. The SMILES string of the molecule is Cc1cc(C#[N+]OC2CCN(c3nc(C)c(C#N)cc3Cl)CC2(C)C)ccc1N1CCC(O)(CO)CC1. The van der Waals surface area contributed by atoms with E-state index in [1.165, 1.54) is 0 Å². The third-order valence-electron chi connectivity index (χ3n) is 7.58. The first-order chi connectivity index (χ1) is 17.5. The van der Waals surface area contributed by atoms with Crippen molar-refractivity contribution in [2.24, 2.45) is 5.41 Å². The average Bonchev–Trinajstić information content (AvgIpc) is 2.86. The largest absolute Gasteiger partial charge is 0.393 e. The van der Waals surface area contributed by atoms with Crippen LogP contribution in [0.15, 0.2) is 24.3 Å². The third-order valence-corrected chi connectivity index (χ3v) is 7.86. The van der Waals surface area contributed by atoms with E-state index in [1.54, 1.807) is 6.07 Å². The van der Waals surface area contributed by atoms with E-state index < -0.39 is 5.60 Å². The fraction of sp³-hybridized carbons (Fsp3) is 0.536. The van der Waals surface area contributed by atoms with Crippen LogP contribution in [0.25, 0.3) is 5.01 Å². The summed E-state index contributed by atoms with van der Waals surface area (Å²) in [5, 5.41) is 33.6. The number of nitriles is 1. The summed E-state index contributed by atoms with van der Waals surface area (Å²) in [6, 6.07) is 12.9. The zero-order valence-corrected chi connectivity index (χ0v) is 22.7. The number of halogens is 1. The van der Waals surface area contributed by atoms with Gasteiger partial charge in [0.15, 0.2) is 6.10 Å². The zero-order valence-electron chi connectivity index (χ0n) is 22.0. The van der Waals surface area contributed by atoms with Gasteiger partial charge in [-0.2, -0.15) is 10.1 Å². The number of piperidine rings is 2. The van der Waals surface area contributed by atoms with Crippen LogP contribution in [0, 0.1) is 36.7 Å². The van der Waals surface area contributed by atoms with Crippen molar-refractivity contribution < 1.29 is 15.1 Å². The molecule has 0 radical (unpaired) electrons. The minimum absolute atomic E-state index is 0.0894. The van der Waals surface area contributed by atoms with Crippen LogP contribution in [0.2, 0.25) is 5.02 Å². The van der Waals surface area contributed by atoms with Gasteiger partial charge in [-0.15, -0.1) is 0 Å². The Morgan fingerprint density at radius 3 is 2.54 bits per heavy atom. The molecule has 2 N–H and O–H groups in total. The lowest BCUT2D eigenvalue weighted by atomic mass is 9.81. The van der Waals surface area contributed by atoms with Gasteiger partial charge in [0.1, 0.15) is 17.5 Å². The van der Waals surface area contributed by atoms with Crippen molar-refractivity contribution in [3.05, 3.63) is 56.7 Å². The molecular formula is C28H35ClN5O3+. The summed E-state index contributed by atoms with van der Waals surface area (Å²) in [7, 11) is 0. The van der Waals surface area contributed by atoms with Gasteiger partial charge in [-0.1, -0.05) is 25.4 Å². The highest BCUT2D eigenvalue weighted by atomic mass is 35.5. The number of anilines is 2. The van der Waals surface area contributed by atoms with Gasteiger partial charge < -0.3 is 20.0 Å². The monoisotopic (exact) mass is 524 g/mol. The molecule has 1 aromatic heterocycles. The summed E-state index contributed by atoms with van der Waals surface area (Å²) < 4.78 is 0. The molecule has 3 heterocycles. The highest BCUT2D eigenvalue weighted by Crippen LogP contribution is 2.36. The van der Waals surface area contributed by atoms with Crippen LogP contribution in [0.3, 0.4) is 0 Å². The summed E-state index contributed by atoms with van der Waals surface area (Å²) in [6.07, 6.45) is 1.76. The summed E-state index contributed by atoms with van der Waals surface area (Å²) in [5.41, 5.74) is 3.05. The number of aromatic nitrogens is 1. The van der Waals surface area contributed by atoms with Crippen molar-refractivity contribution in [3.8, 4) is 12.1 Å². The van der Waals surface area contributed by atoms with E-state index in [-0.39, 0.29) is 18.1 Å². The summed E-state index contributed by atoms with van der Waals surface area (Å²) in [6.45, 7) is 10.8. The molecule has 0 amide bonds. The van der Waals surface area contributed by atoms with E-state index >= 15 is 0 Å². The first-order valence-electron chi connectivity index (χ1n) is 12.7. The van der Waals surface area contributed by atoms with Gasteiger partial charge in [-0.05, 0) is 56.5 Å². The Hall–Kier alpha value is -3.04. The van der Waals surface area contributed by atoms with Crippen LogP contribution < -0.4 is 9.80 Å². The van der Waals surface area contributed by atoms with Crippen LogP contribution in [0.1, 0.15) is 55.5 Å². The molecule has 8 nitrogen and oxygen atoms in total. The number of nitrogens with zero attached hydrogens (tertiary/aromatic N) is 5. The van der Waals surface area contributed by atoms with Gasteiger partial charge in [0, 0.05) is 43.7 Å². The predicted molar refractivity (Wildman–Crippen MR) is 145 cm³/mol. The molecule has 0 saturated carbocycles. The van der Waals surface area contributed by atoms with Crippen molar-refractivity contribution in [2.75, 3.05) is 42.6 Å².